The Bertz CT molecular complexity index is 993. The van der Waals surface area contributed by atoms with Crippen LogP contribution in [0.3, 0.4) is 0 Å². The minimum atomic E-state index is -5.08. The maximum Gasteiger partial charge on any atom is 0.490 e. The molecule has 0 bridgehead atoms. The molecule has 4 N–H and O–H groups in total. The highest BCUT2D eigenvalue weighted by atomic mass is 32.1. The number of aliphatic carboxylic acids is 1. The lowest BCUT2D eigenvalue weighted by Gasteiger charge is -2.04. The third kappa shape index (κ3) is 8.99. The number of urea groups is 1. The third-order valence-corrected chi connectivity index (χ3v) is 4.36. The van der Waals surface area contributed by atoms with Gasteiger partial charge in [0.25, 0.3) is 0 Å². The van der Waals surface area contributed by atoms with Crippen molar-refractivity contribution in [2.75, 3.05) is 11.9 Å². The largest absolute Gasteiger partial charge is 0.490 e. The van der Waals surface area contributed by atoms with E-state index in [4.69, 9.17) is 14.6 Å². The monoisotopic (exact) mass is 472 g/mol. The molecule has 0 aliphatic rings. The van der Waals surface area contributed by atoms with Gasteiger partial charge in [-0.25, -0.2) is 14.6 Å². The number of nitrogens with one attached hydrogen (secondary N) is 3. The van der Waals surface area contributed by atoms with Crippen LogP contribution >= 0.6 is 11.3 Å². The van der Waals surface area contributed by atoms with Crippen LogP contribution in [0.1, 0.15) is 16.3 Å². The summed E-state index contributed by atoms with van der Waals surface area (Å²) in [6, 6.07) is 7.46. The topological polar surface area (TPSA) is 142 Å². The number of carboxylic acid groups (broad SMARTS) is 1. The van der Waals surface area contributed by atoms with E-state index in [1.807, 2.05) is 31.2 Å². The predicted molar refractivity (Wildman–Crippen MR) is 108 cm³/mol. The van der Waals surface area contributed by atoms with Crippen LogP contribution in [0.5, 0.6) is 5.75 Å². The molecule has 0 aliphatic carbocycles. The second-order valence-electron chi connectivity index (χ2n) is 6.11. The number of aromatic amines is 1. The van der Waals surface area contributed by atoms with Gasteiger partial charge >= 0.3 is 18.2 Å². The molecule has 0 aliphatic heterocycles. The summed E-state index contributed by atoms with van der Waals surface area (Å²) < 4.78 is 37.4. The average molecular weight is 472 g/mol. The number of hydrogen-bond donors (Lipinski definition) is 4. The van der Waals surface area contributed by atoms with Crippen molar-refractivity contribution in [2.45, 2.75) is 26.1 Å². The fourth-order valence-electron chi connectivity index (χ4n) is 2.02. The molecule has 14 heteroatoms. The fourth-order valence-corrected chi connectivity index (χ4v) is 2.66. The van der Waals surface area contributed by atoms with Crippen molar-refractivity contribution in [3.63, 3.8) is 0 Å². The molecule has 0 radical (unpaired) electrons. The van der Waals surface area contributed by atoms with Crippen LogP contribution in [0.4, 0.5) is 23.1 Å². The molecular formula is C18H19F3N6O4S. The first-order valence-corrected chi connectivity index (χ1v) is 9.79. The molecule has 32 heavy (non-hydrogen) atoms. The number of amides is 2. The normalized spacial score (nSPS) is 10.6. The minimum Gasteiger partial charge on any atom is -0.486 e. The summed E-state index contributed by atoms with van der Waals surface area (Å²) >= 11 is 1.28. The fraction of sp³-hybridized carbons (Fsp3) is 0.278. The summed E-state index contributed by atoms with van der Waals surface area (Å²) in [4.78, 5) is 27.6. The zero-order chi connectivity index (χ0) is 23.6. The molecule has 172 valence electrons. The summed E-state index contributed by atoms with van der Waals surface area (Å²) in [6.07, 6.45) is -1.07. The van der Waals surface area contributed by atoms with Gasteiger partial charge < -0.3 is 20.1 Å². The van der Waals surface area contributed by atoms with Crippen molar-refractivity contribution in [1.29, 1.82) is 0 Å². The molecule has 0 atom stereocenters. The molecule has 3 aromatic rings. The molecule has 0 saturated heterocycles. The molecule has 2 heterocycles. The Balaban J connectivity index is 0.000000451. The molecule has 1 aromatic carbocycles. The number of imidazole rings is 1. The van der Waals surface area contributed by atoms with E-state index < -0.39 is 12.1 Å². The lowest BCUT2D eigenvalue weighted by atomic mass is 10.2. The number of benzene rings is 1. The number of H-pyrrole nitrogens is 1. The van der Waals surface area contributed by atoms with Gasteiger partial charge in [0.2, 0.25) is 5.13 Å². The van der Waals surface area contributed by atoms with E-state index >= 15 is 0 Å². The summed E-state index contributed by atoms with van der Waals surface area (Å²) in [5, 5.41) is 21.6. The maximum atomic E-state index is 11.8. The van der Waals surface area contributed by atoms with Gasteiger partial charge in [-0.2, -0.15) is 13.2 Å². The summed E-state index contributed by atoms with van der Waals surface area (Å²) in [7, 11) is 0. The van der Waals surface area contributed by atoms with E-state index in [1.54, 1.807) is 12.5 Å². The first-order valence-electron chi connectivity index (χ1n) is 8.97. The number of rotatable bonds is 7. The SMILES string of the molecule is Cc1ccc(OCc2nnc(NC(=O)NCCc3cnc[nH]3)s2)cc1.O=C(O)C(F)(F)F. The predicted octanol–water partition coefficient (Wildman–Crippen LogP) is 3.15. The molecule has 10 nitrogen and oxygen atoms in total. The molecule has 0 spiro atoms. The number of carbonyl (C=O) groups is 2. The van der Waals surface area contributed by atoms with E-state index in [0.29, 0.717) is 29.7 Å². The number of hydrogen-bond acceptors (Lipinski definition) is 7. The van der Waals surface area contributed by atoms with Gasteiger partial charge in [0.15, 0.2) is 5.01 Å². The van der Waals surface area contributed by atoms with Crippen molar-refractivity contribution in [3.05, 3.63) is 53.1 Å². The molecular weight excluding hydrogens is 453 g/mol. The minimum absolute atomic E-state index is 0.309. The van der Waals surface area contributed by atoms with Gasteiger partial charge in [0.1, 0.15) is 12.4 Å². The van der Waals surface area contributed by atoms with Crippen LogP contribution in [-0.2, 0) is 17.8 Å². The first-order chi connectivity index (χ1) is 15.1. The van der Waals surface area contributed by atoms with Crippen LogP contribution < -0.4 is 15.4 Å². The van der Waals surface area contributed by atoms with E-state index in [-0.39, 0.29) is 6.03 Å². The van der Waals surface area contributed by atoms with E-state index in [1.165, 1.54) is 16.9 Å². The number of alkyl halides is 3. The number of aromatic nitrogens is 4. The lowest BCUT2D eigenvalue weighted by molar-refractivity contribution is -0.192. The Kier molecular flexibility index (Phi) is 8.95. The van der Waals surface area contributed by atoms with E-state index in [9.17, 15) is 18.0 Å². The number of carbonyl (C=O) groups excluding carboxylic acids is 1. The highest BCUT2D eigenvalue weighted by Gasteiger charge is 2.38. The standard InChI is InChI=1S/C16H18N6O2S.C2HF3O2/c1-11-2-4-13(5-3-11)24-9-14-21-22-16(25-14)20-15(23)18-7-6-12-8-17-10-19-12;3-2(4,5)1(6)7/h2-5,8,10H,6-7,9H2,1H3,(H,17,19)(H2,18,20,22,23);(H,6,7). The van der Waals surface area contributed by atoms with Crippen molar-refractivity contribution >= 4 is 28.5 Å². The van der Waals surface area contributed by atoms with Crippen LogP contribution in [0.25, 0.3) is 0 Å². The molecule has 3 rings (SSSR count). The zero-order valence-corrected chi connectivity index (χ0v) is 17.5. The summed E-state index contributed by atoms with van der Waals surface area (Å²) in [5.41, 5.74) is 2.14. The smallest absolute Gasteiger partial charge is 0.486 e. The molecule has 0 saturated carbocycles. The average Bonchev–Trinajstić information content (AvgIpc) is 3.39. The van der Waals surface area contributed by atoms with Crippen molar-refractivity contribution in [1.82, 2.24) is 25.5 Å². The quantitative estimate of drug-likeness (QED) is 0.414. The van der Waals surface area contributed by atoms with Crippen LogP contribution in [-0.4, -0.2) is 50.0 Å². The van der Waals surface area contributed by atoms with Crippen LogP contribution in [0.15, 0.2) is 36.8 Å². The maximum absolute atomic E-state index is 11.8. The number of ether oxygens (including phenoxy) is 1. The van der Waals surface area contributed by atoms with E-state index in [2.05, 4.69) is 30.8 Å². The van der Waals surface area contributed by atoms with Crippen molar-refractivity contribution in [3.8, 4) is 5.75 Å². The van der Waals surface area contributed by atoms with Gasteiger partial charge in [-0.1, -0.05) is 29.0 Å². The number of anilines is 1. The number of nitrogens with zero attached hydrogens (tertiary/aromatic N) is 3. The molecule has 0 fully saturated rings. The second-order valence-corrected chi connectivity index (χ2v) is 7.18. The van der Waals surface area contributed by atoms with Crippen molar-refractivity contribution in [2.24, 2.45) is 0 Å². The van der Waals surface area contributed by atoms with Crippen LogP contribution in [0.2, 0.25) is 0 Å². The van der Waals surface area contributed by atoms with Gasteiger partial charge in [-0.05, 0) is 19.1 Å². The number of carboxylic acids is 1. The highest BCUT2D eigenvalue weighted by molar-refractivity contribution is 7.15. The van der Waals surface area contributed by atoms with Gasteiger partial charge in [0, 0.05) is 24.9 Å². The number of aryl methyl sites for hydroxylation is 1. The van der Waals surface area contributed by atoms with Crippen LogP contribution in [0, 0.1) is 6.92 Å². The van der Waals surface area contributed by atoms with Gasteiger partial charge in [0.05, 0.1) is 6.33 Å². The second kappa shape index (κ2) is 11.6. The number of halogens is 3. The summed E-state index contributed by atoms with van der Waals surface area (Å²) in [6.45, 7) is 2.83. The summed E-state index contributed by atoms with van der Waals surface area (Å²) in [5.74, 6) is -1.99. The van der Waals surface area contributed by atoms with Gasteiger partial charge in [-0.15, -0.1) is 10.2 Å². The van der Waals surface area contributed by atoms with Crippen molar-refractivity contribution < 1.29 is 32.6 Å². The Morgan fingerprint density at radius 1 is 1.22 bits per heavy atom. The zero-order valence-electron chi connectivity index (χ0n) is 16.6. The molecule has 0 unspecified atom stereocenters. The van der Waals surface area contributed by atoms with Gasteiger partial charge in [-0.3, -0.25) is 5.32 Å². The van der Waals surface area contributed by atoms with E-state index in [0.717, 1.165) is 11.4 Å². The Hall–Kier alpha value is -3.68. The third-order valence-electron chi connectivity index (χ3n) is 3.55. The molecule has 2 amide bonds. The highest BCUT2D eigenvalue weighted by Crippen LogP contribution is 2.18. The Morgan fingerprint density at radius 3 is 2.50 bits per heavy atom. The Labute approximate surface area is 183 Å². The first kappa shape index (κ1) is 24.6. The Morgan fingerprint density at radius 2 is 1.91 bits per heavy atom. The lowest BCUT2D eigenvalue weighted by Crippen LogP contribution is -2.30. The molecule has 2 aromatic heterocycles.